The number of carboxylic acids is 1. The number of carbonyl (C=O) groups excluding carboxylic acids is 2. The number of ketones is 1. The van der Waals surface area contributed by atoms with Crippen molar-refractivity contribution in [2.75, 3.05) is 6.54 Å². The fourth-order valence-corrected chi connectivity index (χ4v) is 3.23. The van der Waals surface area contributed by atoms with Gasteiger partial charge >= 0.3 is 5.97 Å². The normalized spacial score (nSPS) is 22.5. The third kappa shape index (κ3) is 2.53. The molecule has 0 aliphatic carbocycles. The van der Waals surface area contributed by atoms with Crippen molar-refractivity contribution in [3.8, 4) is 0 Å². The van der Waals surface area contributed by atoms with Gasteiger partial charge in [0.15, 0.2) is 5.78 Å². The first kappa shape index (κ1) is 13.7. The summed E-state index contributed by atoms with van der Waals surface area (Å²) in [6.07, 6.45) is 0.479. The molecule has 2 unspecified atom stereocenters. The van der Waals surface area contributed by atoms with Crippen molar-refractivity contribution in [2.45, 2.75) is 26.3 Å². The highest BCUT2D eigenvalue weighted by molar-refractivity contribution is 7.12. The van der Waals surface area contributed by atoms with Crippen LogP contribution in [-0.4, -0.2) is 40.3 Å². The molecule has 102 valence electrons. The second-order valence-corrected chi connectivity index (χ2v) is 5.64. The lowest BCUT2D eigenvalue weighted by Crippen LogP contribution is -2.37. The number of thiophene rings is 1. The molecule has 2 heterocycles. The highest BCUT2D eigenvalue weighted by Gasteiger charge is 2.38. The summed E-state index contributed by atoms with van der Waals surface area (Å²) in [5, 5.41) is 10.7. The Kier molecular flexibility index (Phi) is 3.71. The van der Waals surface area contributed by atoms with Gasteiger partial charge < -0.3 is 10.0 Å². The summed E-state index contributed by atoms with van der Waals surface area (Å²) >= 11 is 1.23. The summed E-state index contributed by atoms with van der Waals surface area (Å²) in [6, 6.07) is 1.27. The van der Waals surface area contributed by atoms with E-state index in [4.69, 9.17) is 5.11 Å². The van der Waals surface area contributed by atoms with Crippen molar-refractivity contribution in [1.82, 2.24) is 4.90 Å². The minimum Gasteiger partial charge on any atom is -0.481 e. The zero-order chi connectivity index (χ0) is 14.2. The van der Waals surface area contributed by atoms with Gasteiger partial charge in [-0.15, -0.1) is 11.3 Å². The molecular weight excluding hydrogens is 266 g/mol. The lowest BCUT2D eigenvalue weighted by Gasteiger charge is -2.22. The summed E-state index contributed by atoms with van der Waals surface area (Å²) in [5.74, 6) is -1.63. The van der Waals surface area contributed by atoms with Gasteiger partial charge in [-0.05, 0) is 26.3 Å². The lowest BCUT2D eigenvalue weighted by atomic mass is 10.0. The fraction of sp³-hybridized carbons (Fsp3) is 0.462. The number of Topliss-reactive ketones (excluding diaryl/α,β-unsaturated/α-hetero) is 1. The number of aliphatic carboxylic acids is 1. The molecule has 1 aliphatic rings. The summed E-state index contributed by atoms with van der Waals surface area (Å²) in [6.45, 7) is 3.66. The van der Waals surface area contributed by atoms with Crippen molar-refractivity contribution >= 4 is 29.0 Å². The maximum absolute atomic E-state index is 12.3. The third-order valence-electron chi connectivity index (χ3n) is 3.55. The summed E-state index contributed by atoms with van der Waals surface area (Å²) < 4.78 is 0. The highest BCUT2D eigenvalue weighted by Crippen LogP contribution is 2.27. The summed E-state index contributed by atoms with van der Waals surface area (Å²) in [5.41, 5.74) is 0.523. The number of nitrogens with zero attached hydrogens (tertiary/aromatic N) is 1. The molecule has 0 aromatic carbocycles. The predicted octanol–water partition coefficient (Wildman–Crippen LogP) is 1.89. The molecule has 0 saturated carbocycles. The molecule has 2 atom stereocenters. The number of rotatable bonds is 3. The number of likely N-dealkylation sites (tertiary alicyclic amines) is 1. The van der Waals surface area contributed by atoms with Crippen molar-refractivity contribution in [3.63, 3.8) is 0 Å². The minimum absolute atomic E-state index is 0.0758. The van der Waals surface area contributed by atoms with E-state index in [1.165, 1.54) is 18.3 Å². The number of carboxylic acid groups (broad SMARTS) is 1. The van der Waals surface area contributed by atoms with E-state index < -0.39 is 11.9 Å². The van der Waals surface area contributed by atoms with Crippen LogP contribution in [0.5, 0.6) is 0 Å². The Hall–Kier alpha value is -1.69. The van der Waals surface area contributed by atoms with E-state index in [2.05, 4.69) is 0 Å². The fourth-order valence-electron chi connectivity index (χ4n) is 2.33. The van der Waals surface area contributed by atoms with Crippen LogP contribution in [0.25, 0.3) is 0 Å². The largest absolute Gasteiger partial charge is 0.481 e. The predicted molar refractivity (Wildman–Crippen MR) is 70.6 cm³/mol. The second kappa shape index (κ2) is 5.13. The summed E-state index contributed by atoms with van der Waals surface area (Å²) in [7, 11) is 0. The van der Waals surface area contributed by atoms with Gasteiger partial charge in [0.1, 0.15) is 0 Å². The van der Waals surface area contributed by atoms with Crippen molar-refractivity contribution < 1.29 is 19.5 Å². The molecule has 6 heteroatoms. The summed E-state index contributed by atoms with van der Waals surface area (Å²) in [4.78, 5) is 36.6. The molecule has 1 saturated heterocycles. The van der Waals surface area contributed by atoms with Crippen molar-refractivity contribution in [2.24, 2.45) is 5.92 Å². The number of hydrogen-bond donors (Lipinski definition) is 1. The molecule has 1 aromatic heterocycles. The molecule has 2 rings (SSSR count). The van der Waals surface area contributed by atoms with Gasteiger partial charge in [-0.3, -0.25) is 14.4 Å². The van der Waals surface area contributed by atoms with Crippen LogP contribution in [0, 0.1) is 5.92 Å². The molecule has 5 nitrogen and oxygen atoms in total. The van der Waals surface area contributed by atoms with Gasteiger partial charge in [0.25, 0.3) is 5.91 Å². The maximum Gasteiger partial charge on any atom is 0.308 e. The quantitative estimate of drug-likeness (QED) is 0.858. The number of carbonyl (C=O) groups is 3. The monoisotopic (exact) mass is 281 g/mol. The van der Waals surface area contributed by atoms with Gasteiger partial charge in [0, 0.05) is 23.5 Å². The smallest absolute Gasteiger partial charge is 0.308 e. The molecule has 0 bridgehead atoms. The zero-order valence-corrected chi connectivity index (χ0v) is 11.6. The van der Waals surface area contributed by atoms with Crippen LogP contribution in [0.1, 0.15) is 40.3 Å². The van der Waals surface area contributed by atoms with Gasteiger partial charge in [0.2, 0.25) is 0 Å². The van der Waals surface area contributed by atoms with E-state index >= 15 is 0 Å². The van der Waals surface area contributed by atoms with Crippen LogP contribution in [0.3, 0.4) is 0 Å². The van der Waals surface area contributed by atoms with Crippen LogP contribution in [0.4, 0.5) is 0 Å². The molecule has 1 N–H and O–H groups in total. The van der Waals surface area contributed by atoms with Gasteiger partial charge in [-0.25, -0.2) is 0 Å². The van der Waals surface area contributed by atoms with Gasteiger partial charge in [-0.1, -0.05) is 0 Å². The molecule has 19 heavy (non-hydrogen) atoms. The van der Waals surface area contributed by atoms with Gasteiger partial charge in [0.05, 0.1) is 10.8 Å². The van der Waals surface area contributed by atoms with Crippen LogP contribution >= 0.6 is 11.3 Å². The van der Waals surface area contributed by atoms with Crippen LogP contribution in [0.2, 0.25) is 0 Å². The molecule has 1 amide bonds. The van der Waals surface area contributed by atoms with Gasteiger partial charge in [-0.2, -0.15) is 0 Å². The second-order valence-electron chi connectivity index (χ2n) is 4.73. The maximum atomic E-state index is 12.3. The standard InChI is InChI=1S/C13H15NO4S/c1-7-10(13(17)18)3-4-14(7)12(16)11-5-9(6-19-11)8(2)15/h5-7,10H,3-4H2,1-2H3,(H,17,18). The van der Waals surface area contributed by atoms with E-state index in [9.17, 15) is 14.4 Å². The van der Waals surface area contributed by atoms with Crippen molar-refractivity contribution in [3.05, 3.63) is 21.9 Å². The van der Waals surface area contributed by atoms with E-state index in [1.54, 1.807) is 23.3 Å². The lowest BCUT2D eigenvalue weighted by molar-refractivity contribution is -0.142. The first-order chi connectivity index (χ1) is 8.91. The van der Waals surface area contributed by atoms with Crippen molar-refractivity contribution in [1.29, 1.82) is 0 Å². The zero-order valence-electron chi connectivity index (χ0n) is 10.8. The third-order valence-corrected chi connectivity index (χ3v) is 4.47. The molecular formula is C13H15NO4S. The number of amides is 1. The molecule has 1 aromatic rings. The molecule has 0 radical (unpaired) electrons. The Morgan fingerprint density at radius 1 is 1.42 bits per heavy atom. The van der Waals surface area contributed by atoms with E-state index in [1.807, 2.05) is 0 Å². The van der Waals surface area contributed by atoms with Crippen LogP contribution < -0.4 is 0 Å². The minimum atomic E-state index is -0.863. The average Bonchev–Trinajstić information content (AvgIpc) is 2.94. The Morgan fingerprint density at radius 3 is 2.58 bits per heavy atom. The van der Waals surface area contributed by atoms with Crippen LogP contribution in [0.15, 0.2) is 11.4 Å². The Balaban J connectivity index is 2.16. The highest BCUT2D eigenvalue weighted by atomic mass is 32.1. The SMILES string of the molecule is CC(=O)c1csc(C(=O)N2CCC(C(=O)O)C2C)c1. The topological polar surface area (TPSA) is 74.7 Å². The Labute approximate surface area is 114 Å². The Bertz CT molecular complexity index is 537. The first-order valence-electron chi connectivity index (χ1n) is 6.05. The van der Waals surface area contributed by atoms with E-state index in [0.29, 0.717) is 23.4 Å². The van der Waals surface area contributed by atoms with Crippen LogP contribution in [-0.2, 0) is 4.79 Å². The molecule has 1 fully saturated rings. The first-order valence-corrected chi connectivity index (χ1v) is 6.93. The molecule has 1 aliphatic heterocycles. The molecule has 0 spiro atoms. The van der Waals surface area contributed by atoms with E-state index in [0.717, 1.165) is 0 Å². The Morgan fingerprint density at radius 2 is 2.11 bits per heavy atom. The number of hydrogen-bond acceptors (Lipinski definition) is 4. The van der Waals surface area contributed by atoms with E-state index in [-0.39, 0.29) is 17.7 Å². The average molecular weight is 281 g/mol.